The summed E-state index contributed by atoms with van der Waals surface area (Å²) in [6, 6.07) is 10.2. The van der Waals surface area contributed by atoms with Crippen molar-refractivity contribution in [2.75, 3.05) is 17.7 Å². The van der Waals surface area contributed by atoms with Gasteiger partial charge in [-0.2, -0.15) is 0 Å². The highest BCUT2D eigenvalue weighted by molar-refractivity contribution is 7.99. The summed E-state index contributed by atoms with van der Waals surface area (Å²) >= 11 is 2.69. The van der Waals surface area contributed by atoms with E-state index in [9.17, 15) is 9.59 Å². The van der Waals surface area contributed by atoms with E-state index in [1.807, 2.05) is 36.6 Å². The Labute approximate surface area is 202 Å². The maximum atomic E-state index is 12.7. The minimum Gasteiger partial charge on any atom is -0.462 e. The number of allylic oxidation sites excluding steroid dienone is 1. The third kappa shape index (κ3) is 6.33. The minimum atomic E-state index is -0.420. The van der Waals surface area contributed by atoms with Gasteiger partial charge in [0.05, 0.1) is 17.9 Å². The van der Waals surface area contributed by atoms with Gasteiger partial charge < -0.3 is 14.6 Å². The van der Waals surface area contributed by atoms with Gasteiger partial charge in [0.15, 0.2) is 5.16 Å². The molecule has 0 bridgehead atoms. The van der Waals surface area contributed by atoms with Crippen molar-refractivity contribution in [3.63, 3.8) is 0 Å². The Morgan fingerprint density at radius 3 is 2.67 bits per heavy atom. The monoisotopic (exact) mass is 484 g/mol. The number of amides is 1. The van der Waals surface area contributed by atoms with Crippen LogP contribution in [-0.2, 0) is 28.9 Å². The van der Waals surface area contributed by atoms with Crippen molar-refractivity contribution in [2.45, 2.75) is 45.3 Å². The number of hydrogen-bond acceptors (Lipinski definition) is 7. The van der Waals surface area contributed by atoms with Crippen LogP contribution in [0.25, 0.3) is 0 Å². The number of benzene rings is 1. The molecule has 0 radical (unpaired) electrons. The van der Waals surface area contributed by atoms with E-state index in [4.69, 9.17) is 4.74 Å². The molecule has 9 heteroatoms. The van der Waals surface area contributed by atoms with E-state index >= 15 is 0 Å². The van der Waals surface area contributed by atoms with Crippen molar-refractivity contribution < 1.29 is 14.3 Å². The van der Waals surface area contributed by atoms with Crippen molar-refractivity contribution in [3.05, 3.63) is 70.4 Å². The molecule has 2 aromatic heterocycles. The number of aryl methyl sites for hydroxylation is 3. The van der Waals surface area contributed by atoms with Crippen LogP contribution in [0.4, 0.5) is 5.00 Å². The lowest BCUT2D eigenvalue weighted by Crippen LogP contribution is -2.17. The van der Waals surface area contributed by atoms with Gasteiger partial charge >= 0.3 is 5.97 Å². The van der Waals surface area contributed by atoms with Crippen molar-refractivity contribution in [1.29, 1.82) is 0 Å². The van der Waals surface area contributed by atoms with Crippen molar-refractivity contribution in [1.82, 2.24) is 14.8 Å². The second-order valence-corrected chi connectivity index (χ2v) is 9.50. The molecule has 3 rings (SSSR count). The van der Waals surface area contributed by atoms with Crippen LogP contribution in [0.2, 0.25) is 0 Å². The van der Waals surface area contributed by atoms with Crippen molar-refractivity contribution in [3.8, 4) is 0 Å². The Morgan fingerprint density at radius 2 is 1.97 bits per heavy atom. The Kier molecular flexibility index (Phi) is 8.85. The van der Waals surface area contributed by atoms with E-state index in [0.717, 1.165) is 29.1 Å². The van der Waals surface area contributed by atoms with E-state index < -0.39 is 5.97 Å². The summed E-state index contributed by atoms with van der Waals surface area (Å²) in [5, 5.41) is 12.7. The van der Waals surface area contributed by atoms with Crippen LogP contribution in [0.5, 0.6) is 0 Å². The molecule has 0 unspecified atom stereocenters. The topological polar surface area (TPSA) is 86.1 Å². The molecule has 0 saturated heterocycles. The highest BCUT2D eigenvalue weighted by Gasteiger charge is 2.22. The lowest BCUT2D eigenvalue weighted by molar-refractivity contribution is -0.113. The number of ether oxygens (including phenoxy) is 1. The summed E-state index contributed by atoms with van der Waals surface area (Å²) in [7, 11) is 0. The molecule has 0 saturated carbocycles. The number of rotatable bonds is 11. The standard InChI is InChI=1S/C24H28N4O3S2/c1-5-14-28-19(13-12-18-10-8-7-9-11-18)26-27-24(28)32-15-20(29)25-22-21(23(30)31-6-2)16(3)17(4)33-22/h5,7-11H,1,6,12-15H2,2-4H3,(H,25,29). The molecular weight excluding hydrogens is 456 g/mol. The van der Waals surface area contributed by atoms with Gasteiger partial charge in [-0.25, -0.2) is 4.79 Å². The SMILES string of the molecule is C=CCn1c(CCc2ccccc2)nnc1SCC(=O)Nc1sc(C)c(C)c1C(=O)OCC. The number of thioether (sulfide) groups is 1. The number of nitrogens with one attached hydrogen (secondary N) is 1. The van der Waals surface area contributed by atoms with Crippen LogP contribution >= 0.6 is 23.1 Å². The minimum absolute atomic E-state index is 0.145. The molecule has 33 heavy (non-hydrogen) atoms. The van der Waals surface area contributed by atoms with E-state index in [1.54, 1.807) is 13.0 Å². The smallest absolute Gasteiger partial charge is 0.341 e. The van der Waals surface area contributed by atoms with Gasteiger partial charge in [0.2, 0.25) is 5.91 Å². The Balaban J connectivity index is 1.65. The van der Waals surface area contributed by atoms with Crippen LogP contribution < -0.4 is 5.32 Å². The van der Waals surface area contributed by atoms with E-state index in [1.165, 1.54) is 28.7 Å². The van der Waals surface area contributed by atoms with Crippen molar-refractivity contribution >= 4 is 40.0 Å². The molecule has 1 N–H and O–H groups in total. The van der Waals surface area contributed by atoms with Crippen LogP contribution in [0, 0.1) is 13.8 Å². The molecule has 0 spiro atoms. The first-order chi connectivity index (χ1) is 15.9. The molecule has 0 aliphatic rings. The van der Waals surface area contributed by atoms with E-state index in [-0.39, 0.29) is 18.3 Å². The predicted octanol–water partition coefficient (Wildman–Crippen LogP) is 4.84. The third-order valence-electron chi connectivity index (χ3n) is 5.04. The molecule has 3 aromatic rings. The van der Waals surface area contributed by atoms with Gasteiger partial charge in [0.1, 0.15) is 10.8 Å². The molecule has 1 aromatic carbocycles. The normalized spacial score (nSPS) is 10.8. The molecule has 1 amide bonds. The highest BCUT2D eigenvalue weighted by Crippen LogP contribution is 2.33. The number of nitrogens with zero attached hydrogens (tertiary/aromatic N) is 3. The Morgan fingerprint density at radius 1 is 1.21 bits per heavy atom. The lowest BCUT2D eigenvalue weighted by atomic mass is 10.1. The summed E-state index contributed by atoms with van der Waals surface area (Å²) in [5.74, 6) is 0.365. The number of anilines is 1. The molecule has 0 aliphatic heterocycles. The quantitative estimate of drug-likeness (QED) is 0.238. The van der Waals surface area contributed by atoms with Crippen LogP contribution in [0.3, 0.4) is 0 Å². The summed E-state index contributed by atoms with van der Waals surface area (Å²) in [6.07, 6.45) is 3.39. The van der Waals surface area contributed by atoms with E-state index in [0.29, 0.717) is 22.3 Å². The molecule has 7 nitrogen and oxygen atoms in total. The molecule has 0 fully saturated rings. The van der Waals surface area contributed by atoms with Gasteiger partial charge in [0.25, 0.3) is 0 Å². The van der Waals surface area contributed by atoms with Gasteiger partial charge in [0, 0.05) is 17.8 Å². The average molecular weight is 485 g/mol. The maximum Gasteiger partial charge on any atom is 0.341 e. The lowest BCUT2D eigenvalue weighted by Gasteiger charge is -2.09. The molecule has 0 aliphatic carbocycles. The number of carbonyl (C=O) groups excluding carboxylic acids is 2. The Hall–Kier alpha value is -2.91. The first-order valence-corrected chi connectivity index (χ1v) is 12.5. The zero-order valence-corrected chi connectivity index (χ0v) is 20.7. The number of hydrogen-bond donors (Lipinski definition) is 1. The third-order valence-corrected chi connectivity index (χ3v) is 7.12. The molecule has 2 heterocycles. The average Bonchev–Trinajstić information content (AvgIpc) is 3.31. The fourth-order valence-corrected chi connectivity index (χ4v) is 5.11. The number of aromatic nitrogens is 3. The number of carbonyl (C=O) groups is 2. The second-order valence-electron chi connectivity index (χ2n) is 7.33. The molecule has 0 atom stereocenters. The summed E-state index contributed by atoms with van der Waals surface area (Å²) < 4.78 is 7.14. The van der Waals surface area contributed by atoms with E-state index in [2.05, 4.69) is 34.2 Å². The summed E-state index contributed by atoms with van der Waals surface area (Å²) in [6.45, 7) is 10.2. The number of thiophene rings is 1. The fourth-order valence-electron chi connectivity index (χ4n) is 3.28. The fraction of sp³-hybridized carbons (Fsp3) is 0.333. The Bertz CT molecular complexity index is 1120. The largest absolute Gasteiger partial charge is 0.462 e. The maximum absolute atomic E-state index is 12.7. The number of esters is 1. The highest BCUT2D eigenvalue weighted by atomic mass is 32.2. The molecule has 174 valence electrons. The second kappa shape index (κ2) is 11.8. The zero-order valence-electron chi connectivity index (χ0n) is 19.1. The summed E-state index contributed by atoms with van der Waals surface area (Å²) in [5.41, 5.74) is 2.49. The van der Waals surface area contributed by atoms with Crippen LogP contribution in [0.1, 0.15) is 39.1 Å². The zero-order chi connectivity index (χ0) is 23.8. The van der Waals surface area contributed by atoms with Crippen LogP contribution in [-0.4, -0.2) is 39.0 Å². The molecular formula is C24H28N4O3S2. The van der Waals surface area contributed by atoms with Crippen molar-refractivity contribution in [2.24, 2.45) is 0 Å². The summed E-state index contributed by atoms with van der Waals surface area (Å²) in [4.78, 5) is 26.0. The van der Waals surface area contributed by atoms with Gasteiger partial charge in [-0.15, -0.1) is 28.1 Å². The predicted molar refractivity (Wildman–Crippen MR) is 133 cm³/mol. The van der Waals surface area contributed by atoms with Gasteiger partial charge in [-0.05, 0) is 38.3 Å². The van der Waals surface area contributed by atoms with Crippen LogP contribution in [0.15, 0.2) is 48.1 Å². The van der Waals surface area contributed by atoms with Gasteiger partial charge in [-0.1, -0.05) is 48.2 Å². The first-order valence-electron chi connectivity index (χ1n) is 10.7. The van der Waals surface area contributed by atoms with Gasteiger partial charge in [-0.3, -0.25) is 4.79 Å². The first kappa shape index (κ1) is 24.7.